The van der Waals surface area contributed by atoms with Gasteiger partial charge in [-0.1, -0.05) is 93.4 Å². The fraction of sp³-hybridized carbons (Fsp3) is 0.686. The average molecular weight is 623 g/mol. The molecule has 0 aromatic carbocycles. The molecule has 1 aliphatic heterocycles. The maximum atomic E-state index is 11.5. The molecule has 1 saturated heterocycles. The summed E-state index contributed by atoms with van der Waals surface area (Å²) in [5, 5.41) is 39.2. The first kappa shape index (κ1) is 39.9. The van der Waals surface area contributed by atoms with Gasteiger partial charge < -0.3 is 39.4 Å². The maximum absolute atomic E-state index is 11.5. The predicted octanol–water partition coefficient (Wildman–Crippen LogP) is 5.23. The van der Waals surface area contributed by atoms with E-state index >= 15 is 0 Å². The molecule has 6 atom stereocenters. The summed E-state index contributed by atoms with van der Waals surface area (Å²) >= 11 is 0. The molecule has 1 rings (SSSR count). The van der Waals surface area contributed by atoms with Gasteiger partial charge in [0.2, 0.25) is 0 Å². The minimum atomic E-state index is -1.53. The molecule has 0 spiro atoms. The van der Waals surface area contributed by atoms with Crippen LogP contribution in [0.1, 0.15) is 90.9 Å². The maximum Gasteiger partial charge on any atom is 0.303 e. The molecule has 6 unspecified atom stereocenters. The quantitative estimate of drug-likeness (QED) is 0.0613. The van der Waals surface area contributed by atoms with E-state index in [9.17, 15) is 25.2 Å². The molecule has 252 valence electrons. The Morgan fingerprint density at radius 3 is 1.84 bits per heavy atom. The van der Waals surface area contributed by atoms with Crippen molar-refractivity contribution >= 4 is 5.97 Å². The van der Waals surface area contributed by atoms with Crippen LogP contribution in [0.4, 0.5) is 0 Å². The first-order valence-electron chi connectivity index (χ1n) is 16.3. The van der Waals surface area contributed by atoms with Gasteiger partial charge in [-0.15, -0.1) is 0 Å². The van der Waals surface area contributed by atoms with Crippen molar-refractivity contribution < 1.29 is 44.2 Å². The number of esters is 1. The Bertz CT molecular complexity index is 849. The van der Waals surface area contributed by atoms with E-state index in [0.717, 1.165) is 57.8 Å². The molecule has 0 aliphatic carbocycles. The fourth-order valence-corrected chi connectivity index (χ4v) is 4.51. The van der Waals surface area contributed by atoms with Crippen LogP contribution < -0.4 is 0 Å². The highest BCUT2D eigenvalue weighted by Crippen LogP contribution is 2.22. The van der Waals surface area contributed by atoms with Crippen LogP contribution in [0, 0.1) is 0 Å². The number of hydrogen-bond acceptors (Lipinski definition) is 9. The molecular formula is C35H58O9. The first-order valence-corrected chi connectivity index (χ1v) is 16.3. The highest BCUT2D eigenvalue weighted by molar-refractivity contribution is 5.66. The molecule has 0 bridgehead atoms. The standard InChI is InChI=1S/C35H58O9/c1-3-4-5-6-7-8-9-10-11-12-13-14-15-16-17-18-19-20-21-22-23-24-25-41-27-30(43-29(2)37)28-42-35-34(40)33(39)32(38)31(26-36)44-35/h4-5,7-8,10-11,13-14,16-17,30-36,38-40H,3,6,9,12,15,18-28H2,1-2H3/b5-4-,8-7-,11-10-,14-13-,17-16-. The summed E-state index contributed by atoms with van der Waals surface area (Å²) in [4.78, 5) is 11.5. The lowest BCUT2D eigenvalue weighted by Gasteiger charge is -2.39. The summed E-state index contributed by atoms with van der Waals surface area (Å²) in [5.41, 5.74) is 0. The number of carbonyl (C=O) groups is 1. The van der Waals surface area contributed by atoms with Gasteiger partial charge in [-0.05, 0) is 51.4 Å². The second kappa shape index (κ2) is 27.2. The van der Waals surface area contributed by atoms with Crippen molar-refractivity contribution in [1.82, 2.24) is 0 Å². The molecule has 44 heavy (non-hydrogen) atoms. The molecule has 0 aromatic rings. The van der Waals surface area contributed by atoms with Crippen molar-refractivity contribution in [2.24, 2.45) is 0 Å². The van der Waals surface area contributed by atoms with Crippen molar-refractivity contribution in [2.45, 2.75) is 128 Å². The van der Waals surface area contributed by atoms with Gasteiger partial charge in [0.25, 0.3) is 0 Å². The molecule has 1 aliphatic rings. The lowest BCUT2D eigenvalue weighted by Crippen LogP contribution is -2.59. The van der Waals surface area contributed by atoms with E-state index in [1.165, 1.54) is 26.2 Å². The molecular weight excluding hydrogens is 564 g/mol. The van der Waals surface area contributed by atoms with Gasteiger partial charge in [0.05, 0.1) is 19.8 Å². The number of aliphatic hydroxyl groups excluding tert-OH is 4. The van der Waals surface area contributed by atoms with Crippen LogP contribution >= 0.6 is 0 Å². The van der Waals surface area contributed by atoms with Crippen molar-refractivity contribution in [3.63, 3.8) is 0 Å². The van der Waals surface area contributed by atoms with E-state index < -0.39 is 49.4 Å². The molecule has 1 fully saturated rings. The molecule has 0 saturated carbocycles. The van der Waals surface area contributed by atoms with Crippen LogP contribution in [0.5, 0.6) is 0 Å². The normalized spacial score (nSPS) is 23.6. The monoisotopic (exact) mass is 622 g/mol. The topological polar surface area (TPSA) is 135 Å². The van der Waals surface area contributed by atoms with Gasteiger partial charge in [-0.3, -0.25) is 4.79 Å². The third-order valence-corrected chi connectivity index (χ3v) is 7.00. The summed E-state index contributed by atoms with van der Waals surface area (Å²) in [5.74, 6) is -0.499. The van der Waals surface area contributed by atoms with Crippen LogP contribution in [0.2, 0.25) is 0 Å². The molecule has 9 heteroatoms. The van der Waals surface area contributed by atoms with E-state index in [2.05, 4.69) is 67.7 Å². The van der Waals surface area contributed by atoms with Gasteiger partial charge in [0.15, 0.2) is 6.29 Å². The summed E-state index contributed by atoms with van der Waals surface area (Å²) < 4.78 is 21.7. The van der Waals surface area contributed by atoms with Gasteiger partial charge in [0.1, 0.15) is 30.5 Å². The van der Waals surface area contributed by atoms with Crippen LogP contribution in [0.15, 0.2) is 60.8 Å². The number of rotatable bonds is 25. The zero-order chi connectivity index (χ0) is 32.3. The van der Waals surface area contributed by atoms with E-state index in [4.69, 9.17) is 18.9 Å². The van der Waals surface area contributed by atoms with E-state index in [1.54, 1.807) is 0 Å². The van der Waals surface area contributed by atoms with Crippen LogP contribution in [0.25, 0.3) is 0 Å². The van der Waals surface area contributed by atoms with Crippen molar-refractivity contribution in [1.29, 1.82) is 0 Å². The van der Waals surface area contributed by atoms with Gasteiger partial charge >= 0.3 is 5.97 Å². The summed E-state index contributed by atoms with van der Waals surface area (Å²) in [7, 11) is 0. The SMILES string of the molecule is CC/C=C\C/C=C\C/C=C\C/C=C\C/C=C\CCCCCCCCOCC(COC1OC(CO)C(O)C(O)C1O)OC(C)=O. The number of ether oxygens (including phenoxy) is 4. The van der Waals surface area contributed by atoms with Crippen LogP contribution in [-0.4, -0.2) is 89.6 Å². The predicted molar refractivity (Wildman–Crippen MR) is 173 cm³/mol. The lowest BCUT2D eigenvalue weighted by molar-refractivity contribution is -0.305. The third kappa shape index (κ3) is 20.0. The van der Waals surface area contributed by atoms with Crippen molar-refractivity contribution in [3.05, 3.63) is 60.8 Å². The zero-order valence-corrected chi connectivity index (χ0v) is 26.9. The zero-order valence-electron chi connectivity index (χ0n) is 26.9. The first-order chi connectivity index (χ1) is 21.4. The van der Waals surface area contributed by atoms with Gasteiger partial charge in [-0.25, -0.2) is 0 Å². The smallest absolute Gasteiger partial charge is 0.303 e. The fourth-order valence-electron chi connectivity index (χ4n) is 4.51. The van der Waals surface area contributed by atoms with Crippen LogP contribution in [0.3, 0.4) is 0 Å². The molecule has 4 N–H and O–H groups in total. The van der Waals surface area contributed by atoms with Gasteiger partial charge in [-0.2, -0.15) is 0 Å². The second-order valence-corrected chi connectivity index (χ2v) is 11.0. The number of hydrogen-bond donors (Lipinski definition) is 4. The summed E-state index contributed by atoms with van der Waals surface area (Å²) in [6, 6.07) is 0. The highest BCUT2D eigenvalue weighted by Gasteiger charge is 2.44. The van der Waals surface area contributed by atoms with Crippen molar-refractivity contribution in [3.8, 4) is 0 Å². The molecule has 0 radical (unpaired) electrons. The number of aliphatic hydroxyl groups is 4. The van der Waals surface area contributed by atoms with Crippen LogP contribution in [-0.2, 0) is 23.7 Å². The van der Waals surface area contributed by atoms with E-state index in [1.807, 2.05) is 0 Å². The summed E-state index contributed by atoms with van der Waals surface area (Å²) in [6.45, 7) is 3.38. The minimum Gasteiger partial charge on any atom is -0.458 e. The Balaban J connectivity index is 2.04. The Kier molecular flexibility index (Phi) is 24.7. The number of unbranched alkanes of at least 4 members (excludes halogenated alkanes) is 6. The number of carbonyl (C=O) groups excluding carboxylic acids is 1. The molecule has 0 amide bonds. The largest absolute Gasteiger partial charge is 0.458 e. The third-order valence-electron chi connectivity index (χ3n) is 7.00. The minimum absolute atomic E-state index is 0.115. The van der Waals surface area contributed by atoms with Gasteiger partial charge in [0, 0.05) is 13.5 Å². The Morgan fingerprint density at radius 2 is 1.27 bits per heavy atom. The summed E-state index contributed by atoms with van der Waals surface area (Å²) in [6.07, 6.45) is 27.5. The number of allylic oxidation sites excluding steroid dienone is 10. The Labute approximate surface area is 264 Å². The Morgan fingerprint density at radius 1 is 0.727 bits per heavy atom. The lowest BCUT2D eigenvalue weighted by atomic mass is 9.99. The molecule has 1 heterocycles. The average Bonchev–Trinajstić information content (AvgIpc) is 3.01. The molecule has 9 nitrogen and oxygen atoms in total. The molecule has 0 aromatic heterocycles. The van der Waals surface area contributed by atoms with E-state index in [0.29, 0.717) is 6.61 Å². The van der Waals surface area contributed by atoms with Crippen molar-refractivity contribution in [2.75, 3.05) is 26.4 Å². The highest BCUT2D eigenvalue weighted by atomic mass is 16.7. The Hall–Kier alpha value is -2.11. The second-order valence-electron chi connectivity index (χ2n) is 11.0. The van der Waals surface area contributed by atoms with E-state index in [-0.39, 0.29) is 13.2 Å².